The Balaban J connectivity index is 1.75. The molecule has 4 fully saturated rings. The van der Waals surface area contributed by atoms with Crippen molar-refractivity contribution in [2.45, 2.75) is 103 Å². The van der Waals surface area contributed by atoms with Crippen LogP contribution in [0.3, 0.4) is 0 Å². The fourth-order valence-electron chi connectivity index (χ4n) is 7.67. The Morgan fingerprint density at radius 2 is 1.86 bits per heavy atom. The number of methoxy groups -OCH3 is 1. The van der Waals surface area contributed by atoms with Crippen molar-refractivity contribution in [3.63, 3.8) is 0 Å². The zero-order valence-electron chi connectivity index (χ0n) is 18.7. The van der Waals surface area contributed by atoms with Gasteiger partial charge in [-0.1, -0.05) is 34.1 Å². The maximum Gasteiger partial charge on any atom is 0.340 e. The Labute approximate surface area is 174 Å². The number of hydrogen-bond acceptors (Lipinski definition) is 6. The second-order valence-corrected chi connectivity index (χ2v) is 10.8. The van der Waals surface area contributed by atoms with E-state index in [0.29, 0.717) is 12.8 Å². The fourth-order valence-corrected chi connectivity index (χ4v) is 7.67. The van der Waals surface area contributed by atoms with Crippen LogP contribution in [0.25, 0.3) is 0 Å². The molecule has 0 aromatic heterocycles. The molecule has 2 aliphatic heterocycles. The summed E-state index contributed by atoms with van der Waals surface area (Å²) in [5, 5.41) is 0. The molecule has 4 rings (SSSR count). The molecule has 4 aliphatic rings. The van der Waals surface area contributed by atoms with Gasteiger partial charge in [0.05, 0.1) is 12.0 Å². The van der Waals surface area contributed by atoms with Crippen LogP contribution in [0.15, 0.2) is 0 Å². The van der Waals surface area contributed by atoms with Crippen LogP contribution in [0.1, 0.15) is 79.6 Å². The summed E-state index contributed by atoms with van der Waals surface area (Å²) in [6.07, 6.45) is 5.30. The molecule has 0 bridgehead atoms. The van der Waals surface area contributed by atoms with E-state index in [1.54, 1.807) is 7.11 Å². The lowest BCUT2D eigenvalue weighted by Crippen LogP contribution is -2.67. The minimum Gasteiger partial charge on any atom is -0.462 e. The molecule has 7 atom stereocenters. The summed E-state index contributed by atoms with van der Waals surface area (Å²) in [6, 6.07) is 0. The highest BCUT2D eigenvalue weighted by Crippen LogP contribution is 2.68. The largest absolute Gasteiger partial charge is 0.462 e. The summed E-state index contributed by atoms with van der Waals surface area (Å²) in [5.41, 5.74) is -1.47. The maximum absolute atomic E-state index is 12.8. The monoisotopic (exact) mass is 408 g/mol. The second-order valence-electron chi connectivity index (χ2n) is 10.8. The van der Waals surface area contributed by atoms with Gasteiger partial charge >= 0.3 is 11.9 Å². The van der Waals surface area contributed by atoms with Crippen molar-refractivity contribution in [2.75, 3.05) is 7.11 Å². The lowest BCUT2D eigenvalue weighted by atomic mass is 9.43. The molecule has 1 unspecified atom stereocenters. The van der Waals surface area contributed by atoms with Gasteiger partial charge in [-0.15, -0.1) is 0 Å². The second kappa shape index (κ2) is 6.68. The Morgan fingerprint density at radius 3 is 2.48 bits per heavy atom. The summed E-state index contributed by atoms with van der Waals surface area (Å²) in [7, 11) is 1.57. The molecule has 2 aliphatic carbocycles. The Kier molecular flexibility index (Phi) is 4.86. The molecule has 0 amide bonds. The summed E-state index contributed by atoms with van der Waals surface area (Å²) < 4.78 is 23.6. The first kappa shape index (κ1) is 21.1. The average molecular weight is 409 g/mol. The number of esters is 2. The van der Waals surface area contributed by atoms with E-state index in [-0.39, 0.29) is 40.7 Å². The molecule has 29 heavy (non-hydrogen) atoms. The molecule has 0 aromatic carbocycles. The van der Waals surface area contributed by atoms with Gasteiger partial charge in [-0.3, -0.25) is 4.79 Å². The fraction of sp³-hybridized carbons (Fsp3) is 0.913. The maximum atomic E-state index is 12.8. The van der Waals surface area contributed by atoms with E-state index in [2.05, 4.69) is 27.7 Å². The summed E-state index contributed by atoms with van der Waals surface area (Å²) in [6.45, 7) is 10.6. The van der Waals surface area contributed by atoms with Crippen LogP contribution in [0, 0.1) is 22.7 Å². The normalized spacial score (nSPS) is 48.6. The number of carbonyl (C=O) groups excluding carboxylic acids is 2. The van der Waals surface area contributed by atoms with Gasteiger partial charge in [-0.2, -0.15) is 0 Å². The molecule has 0 aromatic rings. The van der Waals surface area contributed by atoms with Crippen molar-refractivity contribution in [2.24, 2.45) is 22.7 Å². The number of ether oxygens (including phenoxy) is 4. The van der Waals surface area contributed by atoms with E-state index in [9.17, 15) is 9.59 Å². The predicted octanol–water partition coefficient (Wildman–Crippen LogP) is 4.00. The molecular formula is C23H36O6. The molecular weight excluding hydrogens is 372 g/mol. The molecule has 6 nitrogen and oxygen atoms in total. The van der Waals surface area contributed by atoms with Crippen molar-refractivity contribution in [1.82, 2.24) is 0 Å². The molecule has 0 N–H and O–H groups in total. The number of hydrogen-bond donors (Lipinski definition) is 0. The number of rotatable bonds is 2. The molecule has 6 heteroatoms. The van der Waals surface area contributed by atoms with Crippen LogP contribution >= 0.6 is 0 Å². The summed E-state index contributed by atoms with van der Waals surface area (Å²) in [5.74, 6) is -0.135. The Bertz CT molecular complexity index is 703. The molecule has 2 saturated heterocycles. The van der Waals surface area contributed by atoms with Crippen molar-refractivity contribution >= 4 is 11.9 Å². The average Bonchev–Trinajstić information content (AvgIpc) is 3.15. The van der Waals surface area contributed by atoms with Gasteiger partial charge in [0.25, 0.3) is 0 Å². The SMILES string of the molecule is COC1C[C@@]2(CC[C@]3(O2)[C@@H](C)C[C@H](OC(C)=O)[C@@H]2C(C)(C)CCC[C@]23C)C(=O)O1. The molecule has 2 spiro atoms. The van der Waals surface area contributed by atoms with Crippen molar-refractivity contribution in [1.29, 1.82) is 0 Å². The predicted molar refractivity (Wildman–Crippen MR) is 106 cm³/mol. The first-order chi connectivity index (χ1) is 13.5. The number of carbonyl (C=O) groups is 2. The minimum atomic E-state index is -0.904. The standard InChI is InChI=1S/C23H36O6/c1-14-12-16(27-15(2)24)18-20(3,4)8-7-9-21(18,5)23(14)11-10-22(29-23)13-17(26-6)28-19(22)25/h14,16-18H,7-13H2,1-6H3/t14-,16-,17?,18+,21+,22-,23-/m0/s1. The first-order valence-electron chi connectivity index (χ1n) is 11.1. The molecule has 164 valence electrons. The van der Waals surface area contributed by atoms with E-state index in [1.165, 1.54) is 6.92 Å². The third-order valence-electron chi connectivity index (χ3n) is 8.73. The summed E-state index contributed by atoms with van der Waals surface area (Å²) in [4.78, 5) is 24.7. The minimum absolute atomic E-state index is 0.0324. The molecule has 2 heterocycles. The zero-order valence-corrected chi connectivity index (χ0v) is 18.7. The van der Waals surface area contributed by atoms with Crippen LogP contribution in [0.2, 0.25) is 0 Å². The van der Waals surface area contributed by atoms with E-state index in [4.69, 9.17) is 18.9 Å². The van der Waals surface area contributed by atoms with Crippen LogP contribution in [0.5, 0.6) is 0 Å². The van der Waals surface area contributed by atoms with Gasteiger partial charge in [-0.05, 0) is 43.4 Å². The van der Waals surface area contributed by atoms with E-state index in [0.717, 1.165) is 32.1 Å². The summed E-state index contributed by atoms with van der Waals surface area (Å²) >= 11 is 0. The highest BCUT2D eigenvalue weighted by atomic mass is 16.7. The van der Waals surface area contributed by atoms with E-state index < -0.39 is 17.5 Å². The first-order valence-corrected chi connectivity index (χ1v) is 11.1. The number of fused-ring (bicyclic) bond motifs is 2. The smallest absolute Gasteiger partial charge is 0.340 e. The van der Waals surface area contributed by atoms with Crippen LogP contribution in [-0.2, 0) is 28.5 Å². The lowest BCUT2D eigenvalue weighted by molar-refractivity contribution is -0.270. The van der Waals surface area contributed by atoms with Gasteiger partial charge in [0.1, 0.15) is 6.10 Å². The van der Waals surface area contributed by atoms with E-state index in [1.807, 2.05) is 0 Å². The molecule has 2 saturated carbocycles. The number of cyclic esters (lactones) is 1. The molecule has 0 radical (unpaired) electrons. The highest BCUT2D eigenvalue weighted by Gasteiger charge is 2.72. The zero-order chi connectivity index (χ0) is 21.2. The van der Waals surface area contributed by atoms with Gasteiger partial charge in [0.15, 0.2) is 5.60 Å². The third-order valence-corrected chi connectivity index (χ3v) is 8.73. The van der Waals surface area contributed by atoms with E-state index >= 15 is 0 Å². The Morgan fingerprint density at radius 1 is 1.14 bits per heavy atom. The van der Waals surface area contributed by atoms with Crippen LogP contribution in [-0.4, -0.2) is 42.6 Å². The van der Waals surface area contributed by atoms with Crippen molar-refractivity contribution < 1.29 is 28.5 Å². The Hall–Kier alpha value is -1.14. The topological polar surface area (TPSA) is 71.1 Å². The van der Waals surface area contributed by atoms with Gasteiger partial charge in [0, 0.05) is 25.4 Å². The lowest BCUT2D eigenvalue weighted by Gasteiger charge is -2.65. The quantitative estimate of drug-likeness (QED) is 0.643. The third kappa shape index (κ3) is 2.88. The van der Waals surface area contributed by atoms with Crippen molar-refractivity contribution in [3.05, 3.63) is 0 Å². The van der Waals surface area contributed by atoms with Gasteiger partial charge in [0.2, 0.25) is 6.29 Å². The van der Waals surface area contributed by atoms with Crippen LogP contribution < -0.4 is 0 Å². The van der Waals surface area contributed by atoms with Gasteiger partial charge < -0.3 is 18.9 Å². The van der Waals surface area contributed by atoms with Gasteiger partial charge in [-0.25, -0.2) is 4.79 Å². The highest BCUT2D eigenvalue weighted by molar-refractivity contribution is 5.82. The van der Waals surface area contributed by atoms with Crippen LogP contribution in [0.4, 0.5) is 0 Å². The van der Waals surface area contributed by atoms with Crippen molar-refractivity contribution in [3.8, 4) is 0 Å².